The van der Waals surface area contributed by atoms with Crippen molar-refractivity contribution < 1.29 is 13.2 Å². The van der Waals surface area contributed by atoms with Crippen LogP contribution in [0.25, 0.3) is 0 Å². The zero-order chi connectivity index (χ0) is 15.6. The van der Waals surface area contributed by atoms with E-state index in [1.807, 2.05) is 0 Å². The molecule has 0 aliphatic rings. The number of rotatable bonds is 4. The van der Waals surface area contributed by atoms with E-state index in [0.717, 1.165) is 0 Å². The number of halogens is 3. The van der Waals surface area contributed by atoms with Crippen molar-refractivity contribution in [1.82, 2.24) is 0 Å². The average molecular weight is 456 g/mol. The van der Waals surface area contributed by atoms with Crippen LogP contribution < -0.4 is 9.46 Å². The summed E-state index contributed by atoms with van der Waals surface area (Å²) in [6, 6.07) is 9.55. The highest BCUT2D eigenvalue weighted by Gasteiger charge is 2.21. The summed E-state index contributed by atoms with van der Waals surface area (Å²) in [5, 5.41) is 0.504. The van der Waals surface area contributed by atoms with Gasteiger partial charge in [-0.25, -0.2) is 8.42 Å². The molecule has 0 spiro atoms. The van der Waals surface area contributed by atoms with Gasteiger partial charge in [0.25, 0.3) is 10.0 Å². The minimum Gasteiger partial charge on any atom is -0.495 e. The van der Waals surface area contributed by atoms with Gasteiger partial charge in [-0.3, -0.25) is 4.72 Å². The normalized spacial score (nSPS) is 11.2. The van der Waals surface area contributed by atoms with Crippen LogP contribution in [0, 0.1) is 0 Å². The summed E-state index contributed by atoms with van der Waals surface area (Å²) < 4.78 is 33.8. The van der Waals surface area contributed by atoms with Gasteiger partial charge in [0.05, 0.1) is 12.8 Å². The monoisotopic (exact) mass is 453 g/mol. The molecule has 0 aliphatic heterocycles. The van der Waals surface area contributed by atoms with E-state index in [9.17, 15) is 8.42 Å². The first-order valence-electron chi connectivity index (χ1n) is 5.65. The Kier molecular flexibility index (Phi) is 5.19. The van der Waals surface area contributed by atoms with E-state index in [-0.39, 0.29) is 10.6 Å². The number of methoxy groups -OCH3 is 1. The SMILES string of the molecule is COc1ccc(Br)cc1S(=O)(=O)Nc1ccc(Cl)cc1Br. The Bertz CT molecular complexity index is 781. The van der Waals surface area contributed by atoms with Crippen LogP contribution in [-0.2, 0) is 10.0 Å². The second-order valence-corrected chi connectivity index (χ2v) is 7.88. The maximum absolute atomic E-state index is 12.5. The molecular formula is C13H10Br2ClNO3S. The Hall–Kier alpha value is -0.760. The van der Waals surface area contributed by atoms with Crippen molar-refractivity contribution in [2.45, 2.75) is 4.90 Å². The summed E-state index contributed by atoms with van der Waals surface area (Å²) >= 11 is 12.4. The molecule has 112 valence electrons. The fourth-order valence-corrected chi connectivity index (χ4v) is 4.33. The molecule has 21 heavy (non-hydrogen) atoms. The van der Waals surface area contributed by atoms with Gasteiger partial charge in [0.1, 0.15) is 10.6 Å². The fraction of sp³-hybridized carbons (Fsp3) is 0.0769. The molecule has 0 radical (unpaired) electrons. The molecular weight excluding hydrogens is 445 g/mol. The van der Waals surface area contributed by atoms with Crippen LogP contribution in [0.3, 0.4) is 0 Å². The van der Waals surface area contributed by atoms with Gasteiger partial charge in [-0.15, -0.1) is 0 Å². The lowest BCUT2D eigenvalue weighted by Crippen LogP contribution is -2.14. The smallest absolute Gasteiger partial charge is 0.265 e. The van der Waals surface area contributed by atoms with Crippen LogP contribution in [-0.4, -0.2) is 15.5 Å². The third-order valence-corrected chi connectivity index (χ3v) is 5.36. The molecule has 0 heterocycles. The molecule has 0 unspecified atom stereocenters. The van der Waals surface area contributed by atoms with E-state index in [2.05, 4.69) is 36.6 Å². The Morgan fingerprint density at radius 2 is 1.86 bits per heavy atom. The number of benzene rings is 2. The number of ether oxygens (including phenoxy) is 1. The van der Waals surface area contributed by atoms with Crippen LogP contribution in [0.4, 0.5) is 5.69 Å². The molecule has 0 aliphatic carbocycles. The largest absolute Gasteiger partial charge is 0.495 e. The maximum atomic E-state index is 12.5. The minimum absolute atomic E-state index is 0.0428. The highest BCUT2D eigenvalue weighted by atomic mass is 79.9. The number of sulfonamides is 1. The van der Waals surface area contributed by atoms with E-state index < -0.39 is 10.0 Å². The number of nitrogens with one attached hydrogen (secondary N) is 1. The summed E-state index contributed by atoms with van der Waals surface area (Å²) in [6.07, 6.45) is 0. The van der Waals surface area contributed by atoms with Crippen LogP contribution >= 0.6 is 43.5 Å². The van der Waals surface area contributed by atoms with Gasteiger partial charge in [-0.2, -0.15) is 0 Å². The quantitative estimate of drug-likeness (QED) is 0.729. The van der Waals surface area contributed by atoms with Crippen molar-refractivity contribution >= 4 is 59.2 Å². The Morgan fingerprint density at radius 1 is 1.14 bits per heavy atom. The van der Waals surface area contributed by atoms with Gasteiger partial charge in [-0.1, -0.05) is 27.5 Å². The van der Waals surface area contributed by atoms with E-state index >= 15 is 0 Å². The first-order chi connectivity index (χ1) is 9.83. The summed E-state index contributed by atoms with van der Waals surface area (Å²) in [7, 11) is -2.37. The van der Waals surface area contributed by atoms with Crippen molar-refractivity contribution in [3.8, 4) is 5.75 Å². The molecule has 2 rings (SSSR count). The van der Waals surface area contributed by atoms with Gasteiger partial charge < -0.3 is 4.74 Å². The molecule has 0 bridgehead atoms. The molecule has 0 saturated heterocycles. The lowest BCUT2D eigenvalue weighted by Gasteiger charge is -2.13. The van der Waals surface area contributed by atoms with Crippen molar-refractivity contribution in [2.75, 3.05) is 11.8 Å². The zero-order valence-corrected chi connectivity index (χ0v) is 15.5. The fourth-order valence-electron chi connectivity index (χ4n) is 1.63. The molecule has 0 saturated carbocycles. The van der Waals surface area contributed by atoms with Gasteiger partial charge >= 0.3 is 0 Å². The number of anilines is 1. The third kappa shape index (κ3) is 3.91. The predicted molar refractivity (Wildman–Crippen MR) is 90.7 cm³/mol. The highest BCUT2D eigenvalue weighted by Crippen LogP contribution is 2.32. The predicted octanol–water partition coefficient (Wildman–Crippen LogP) is 4.67. The van der Waals surface area contributed by atoms with E-state index in [4.69, 9.17) is 16.3 Å². The topological polar surface area (TPSA) is 55.4 Å². The van der Waals surface area contributed by atoms with Crippen LogP contribution in [0.15, 0.2) is 50.2 Å². The summed E-state index contributed by atoms with van der Waals surface area (Å²) in [6.45, 7) is 0. The number of hydrogen-bond acceptors (Lipinski definition) is 3. The molecule has 2 aromatic carbocycles. The molecule has 8 heteroatoms. The lowest BCUT2D eigenvalue weighted by atomic mass is 10.3. The third-order valence-electron chi connectivity index (χ3n) is 2.59. The van der Waals surface area contributed by atoms with Crippen molar-refractivity contribution in [3.05, 3.63) is 50.4 Å². The Balaban J connectivity index is 2.45. The first kappa shape index (κ1) is 16.6. The summed E-state index contributed by atoms with van der Waals surface area (Å²) in [4.78, 5) is 0.0428. The van der Waals surface area contributed by atoms with E-state index in [0.29, 0.717) is 19.7 Å². The summed E-state index contributed by atoms with van der Waals surface area (Å²) in [5.74, 6) is 0.260. The van der Waals surface area contributed by atoms with Crippen LogP contribution in [0.2, 0.25) is 5.02 Å². The molecule has 0 fully saturated rings. The summed E-state index contributed by atoms with van der Waals surface area (Å²) in [5.41, 5.74) is 0.390. The minimum atomic E-state index is -3.79. The Morgan fingerprint density at radius 3 is 2.48 bits per heavy atom. The Labute approximate surface area is 144 Å². The van der Waals surface area contributed by atoms with Gasteiger partial charge in [0, 0.05) is 14.0 Å². The van der Waals surface area contributed by atoms with Crippen molar-refractivity contribution in [3.63, 3.8) is 0 Å². The van der Waals surface area contributed by atoms with Crippen LogP contribution in [0.5, 0.6) is 5.75 Å². The zero-order valence-electron chi connectivity index (χ0n) is 10.7. The molecule has 0 atom stereocenters. The molecule has 0 amide bonds. The van der Waals surface area contributed by atoms with Crippen LogP contribution in [0.1, 0.15) is 0 Å². The highest BCUT2D eigenvalue weighted by molar-refractivity contribution is 9.10. The number of hydrogen-bond donors (Lipinski definition) is 1. The molecule has 4 nitrogen and oxygen atoms in total. The average Bonchev–Trinajstić information content (AvgIpc) is 2.42. The standard InChI is InChI=1S/C13H10Br2ClNO3S/c1-20-12-5-2-8(14)6-13(12)21(18,19)17-11-4-3-9(16)7-10(11)15/h2-7,17H,1H3. The maximum Gasteiger partial charge on any atom is 0.265 e. The second-order valence-electron chi connectivity index (χ2n) is 4.02. The molecule has 0 aromatic heterocycles. The van der Waals surface area contributed by atoms with Gasteiger partial charge in [0.15, 0.2) is 0 Å². The van der Waals surface area contributed by atoms with Crippen molar-refractivity contribution in [1.29, 1.82) is 0 Å². The van der Waals surface area contributed by atoms with E-state index in [1.165, 1.54) is 13.2 Å². The molecule has 1 N–H and O–H groups in total. The second kappa shape index (κ2) is 6.56. The lowest BCUT2D eigenvalue weighted by molar-refractivity contribution is 0.403. The van der Waals surface area contributed by atoms with Gasteiger partial charge in [-0.05, 0) is 52.3 Å². The van der Waals surface area contributed by atoms with Gasteiger partial charge in [0.2, 0.25) is 0 Å². The van der Waals surface area contributed by atoms with Crippen molar-refractivity contribution in [2.24, 2.45) is 0 Å². The first-order valence-corrected chi connectivity index (χ1v) is 9.09. The molecule has 2 aromatic rings. The van der Waals surface area contributed by atoms with E-state index in [1.54, 1.807) is 30.3 Å².